The van der Waals surface area contributed by atoms with Gasteiger partial charge in [0.05, 0.1) is 5.69 Å². The third-order valence-corrected chi connectivity index (χ3v) is 4.22. The Morgan fingerprint density at radius 3 is 3.09 bits per heavy atom. The van der Waals surface area contributed by atoms with Gasteiger partial charge in [-0.05, 0) is 37.6 Å². The number of fused-ring (bicyclic) bond motifs is 3. The molecule has 0 radical (unpaired) electrons. The van der Waals surface area contributed by atoms with Crippen LogP contribution in [-0.4, -0.2) is 45.4 Å². The molecule has 0 bridgehead atoms. The van der Waals surface area contributed by atoms with Crippen LogP contribution in [0.1, 0.15) is 28.0 Å². The van der Waals surface area contributed by atoms with Crippen molar-refractivity contribution >= 4 is 17.7 Å². The fourth-order valence-corrected chi connectivity index (χ4v) is 2.86. The molecule has 0 atom stereocenters. The van der Waals surface area contributed by atoms with E-state index in [-0.39, 0.29) is 5.91 Å². The fraction of sp³-hybridized carbons (Fsp3) is 0.429. The van der Waals surface area contributed by atoms with Gasteiger partial charge < -0.3 is 11.1 Å². The van der Waals surface area contributed by atoms with E-state index in [1.807, 2.05) is 12.5 Å². The minimum atomic E-state index is -0.134. The van der Waals surface area contributed by atoms with Crippen molar-refractivity contribution in [2.75, 3.05) is 19.3 Å². The van der Waals surface area contributed by atoms with Gasteiger partial charge in [-0.1, -0.05) is 11.8 Å². The molecule has 0 unspecified atom stereocenters. The molecule has 2 aromatic rings. The number of hydrogen-bond acceptors (Lipinski definition) is 6. The van der Waals surface area contributed by atoms with Crippen LogP contribution in [0.2, 0.25) is 0 Å². The largest absolute Gasteiger partial charge is 0.351 e. The van der Waals surface area contributed by atoms with Crippen molar-refractivity contribution < 1.29 is 4.79 Å². The zero-order valence-corrected chi connectivity index (χ0v) is 13.2. The Balaban J connectivity index is 1.90. The van der Waals surface area contributed by atoms with Crippen molar-refractivity contribution in [3.8, 4) is 11.4 Å². The second-order valence-corrected chi connectivity index (χ2v) is 5.83. The number of rotatable bonds is 5. The molecule has 0 spiro atoms. The van der Waals surface area contributed by atoms with Crippen LogP contribution in [0.5, 0.6) is 0 Å². The average molecular weight is 318 g/mol. The molecule has 3 rings (SSSR count). The van der Waals surface area contributed by atoms with E-state index in [1.54, 1.807) is 0 Å². The van der Waals surface area contributed by atoms with Gasteiger partial charge in [0.2, 0.25) is 0 Å². The highest BCUT2D eigenvalue weighted by Gasteiger charge is 2.26. The molecule has 7 nitrogen and oxygen atoms in total. The number of aromatic amines is 1. The molecule has 8 heteroatoms. The number of carbonyl (C=O) groups excluding carboxylic acids is 1. The maximum atomic E-state index is 12.2. The van der Waals surface area contributed by atoms with Crippen LogP contribution in [0.3, 0.4) is 0 Å². The molecule has 22 heavy (non-hydrogen) atoms. The second-order valence-electron chi connectivity index (χ2n) is 5.05. The molecule has 2 heterocycles. The zero-order chi connectivity index (χ0) is 15.5. The minimum absolute atomic E-state index is 0.134. The molecule has 2 aromatic heterocycles. The molecular formula is C14H18N6OS. The number of nitrogens with two attached hydrogens (primary N) is 1. The lowest BCUT2D eigenvalue weighted by atomic mass is 9.93. The monoisotopic (exact) mass is 318 g/mol. The van der Waals surface area contributed by atoms with Crippen LogP contribution in [0, 0.1) is 0 Å². The summed E-state index contributed by atoms with van der Waals surface area (Å²) in [6.07, 6.45) is 6.13. The van der Waals surface area contributed by atoms with E-state index >= 15 is 0 Å². The normalized spacial score (nSPS) is 12.6. The van der Waals surface area contributed by atoms with Crippen LogP contribution in [0.4, 0.5) is 0 Å². The summed E-state index contributed by atoms with van der Waals surface area (Å²) >= 11 is 1.49. The van der Waals surface area contributed by atoms with Crippen molar-refractivity contribution in [2.45, 2.75) is 24.4 Å². The third-order valence-electron chi connectivity index (χ3n) is 3.65. The van der Waals surface area contributed by atoms with E-state index < -0.39 is 0 Å². The van der Waals surface area contributed by atoms with Crippen molar-refractivity contribution in [2.24, 2.45) is 5.73 Å². The molecule has 4 N–H and O–H groups in total. The van der Waals surface area contributed by atoms with Gasteiger partial charge in [0.25, 0.3) is 5.91 Å². The molecule has 116 valence electrons. The van der Waals surface area contributed by atoms with E-state index in [0.29, 0.717) is 23.9 Å². The standard InChI is InChI=1S/C14H18N6OS/c1-22-14-17-7-8-3-4-9-11(10(8)18-14)19-20-12(9)13(21)16-6-2-5-15/h7H,2-6,15H2,1H3,(H,16,21)(H,19,20). The molecule has 0 saturated heterocycles. The topological polar surface area (TPSA) is 110 Å². The maximum absolute atomic E-state index is 12.2. The van der Waals surface area contributed by atoms with Crippen LogP contribution in [-0.2, 0) is 12.8 Å². The number of carbonyl (C=O) groups is 1. The Hall–Kier alpha value is -1.93. The van der Waals surface area contributed by atoms with Crippen LogP contribution >= 0.6 is 11.8 Å². The van der Waals surface area contributed by atoms with Crippen molar-refractivity contribution in [3.63, 3.8) is 0 Å². The summed E-state index contributed by atoms with van der Waals surface area (Å²) < 4.78 is 0. The quantitative estimate of drug-likeness (QED) is 0.427. The summed E-state index contributed by atoms with van der Waals surface area (Å²) in [5, 5.41) is 10.7. The molecule has 0 aliphatic heterocycles. The highest BCUT2D eigenvalue weighted by Crippen LogP contribution is 2.32. The number of H-pyrrole nitrogens is 1. The van der Waals surface area contributed by atoms with E-state index in [4.69, 9.17) is 5.73 Å². The summed E-state index contributed by atoms with van der Waals surface area (Å²) in [6, 6.07) is 0. The summed E-state index contributed by atoms with van der Waals surface area (Å²) in [4.78, 5) is 21.1. The Labute approximate surface area is 132 Å². The van der Waals surface area contributed by atoms with Gasteiger partial charge in [-0.15, -0.1) is 0 Å². The average Bonchev–Trinajstić information content (AvgIpc) is 2.99. The number of amides is 1. The smallest absolute Gasteiger partial charge is 0.269 e. The van der Waals surface area contributed by atoms with Gasteiger partial charge in [-0.25, -0.2) is 9.97 Å². The number of thioether (sulfide) groups is 1. The number of nitrogens with zero attached hydrogens (tertiary/aromatic N) is 3. The summed E-state index contributed by atoms with van der Waals surface area (Å²) in [5.41, 5.74) is 9.57. The Bertz CT molecular complexity index is 699. The highest BCUT2D eigenvalue weighted by molar-refractivity contribution is 7.98. The van der Waals surface area contributed by atoms with Gasteiger partial charge in [-0.3, -0.25) is 9.89 Å². The van der Waals surface area contributed by atoms with Crippen LogP contribution in [0.25, 0.3) is 11.4 Å². The van der Waals surface area contributed by atoms with Crippen molar-refractivity contribution in [1.82, 2.24) is 25.5 Å². The lowest BCUT2D eigenvalue weighted by Gasteiger charge is -2.15. The first-order chi connectivity index (χ1) is 10.7. The Morgan fingerprint density at radius 2 is 2.32 bits per heavy atom. The van der Waals surface area contributed by atoms with Gasteiger partial charge in [-0.2, -0.15) is 5.10 Å². The molecular weight excluding hydrogens is 300 g/mol. The molecule has 0 fully saturated rings. The van der Waals surface area contributed by atoms with E-state index in [1.165, 1.54) is 11.8 Å². The first-order valence-electron chi connectivity index (χ1n) is 7.20. The summed E-state index contributed by atoms with van der Waals surface area (Å²) in [7, 11) is 0. The van der Waals surface area contributed by atoms with Gasteiger partial charge in [0, 0.05) is 18.3 Å². The Kier molecular flexibility index (Phi) is 4.39. The fourth-order valence-electron chi connectivity index (χ4n) is 2.52. The number of hydrogen-bond donors (Lipinski definition) is 3. The van der Waals surface area contributed by atoms with Crippen molar-refractivity contribution in [3.05, 3.63) is 23.0 Å². The Morgan fingerprint density at radius 1 is 1.45 bits per heavy atom. The zero-order valence-electron chi connectivity index (χ0n) is 12.3. The first-order valence-corrected chi connectivity index (χ1v) is 8.43. The predicted molar refractivity (Wildman–Crippen MR) is 84.8 cm³/mol. The molecule has 1 aliphatic carbocycles. The molecule has 0 aromatic carbocycles. The van der Waals surface area contributed by atoms with Gasteiger partial charge in [0.15, 0.2) is 5.16 Å². The van der Waals surface area contributed by atoms with Crippen LogP contribution < -0.4 is 11.1 Å². The van der Waals surface area contributed by atoms with Gasteiger partial charge in [0.1, 0.15) is 11.4 Å². The lowest BCUT2D eigenvalue weighted by molar-refractivity contribution is 0.0947. The van der Waals surface area contributed by atoms with E-state index in [2.05, 4.69) is 25.5 Å². The van der Waals surface area contributed by atoms with E-state index in [9.17, 15) is 4.79 Å². The molecule has 1 aliphatic rings. The minimum Gasteiger partial charge on any atom is -0.351 e. The molecule has 0 saturated carbocycles. The predicted octanol–water partition coefficient (Wildman–Crippen LogP) is 0.766. The number of nitrogens with one attached hydrogen (secondary N) is 2. The summed E-state index contributed by atoms with van der Waals surface area (Å²) in [5.74, 6) is -0.134. The highest BCUT2D eigenvalue weighted by atomic mass is 32.2. The molecule has 1 amide bonds. The first kappa shape index (κ1) is 15.0. The van der Waals surface area contributed by atoms with Crippen LogP contribution in [0.15, 0.2) is 11.4 Å². The maximum Gasteiger partial charge on any atom is 0.269 e. The third kappa shape index (κ3) is 2.71. The number of aryl methyl sites for hydroxylation is 1. The van der Waals surface area contributed by atoms with E-state index in [0.717, 1.165) is 41.8 Å². The number of aromatic nitrogens is 4. The lowest BCUT2D eigenvalue weighted by Crippen LogP contribution is -2.27. The second kappa shape index (κ2) is 6.45. The van der Waals surface area contributed by atoms with Gasteiger partial charge >= 0.3 is 0 Å². The SMILES string of the molecule is CSc1ncc2c(n1)-c1n[nH]c(C(=O)NCCCN)c1CC2. The van der Waals surface area contributed by atoms with Crippen molar-refractivity contribution in [1.29, 1.82) is 0 Å². The summed E-state index contributed by atoms with van der Waals surface area (Å²) in [6.45, 7) is 1.13.